The molecule has 0 saturated heterocycles. The van der Waals surface area contributed by atoms with Crippen molar-refractivity contribution in [1.29, 1.82) is 10.5 Å². The van der Waals surface area contributed by atoms with E-state index >= 15 is 0 Å². The molecule has 1 aromatic heterocycles. The molecular formula is C16H8N4. The van der Waals surface area contributed by atoms with Crippen LogP contribution in [0.4, 0.5) is 0 Å². The standard InChI is InChI=1S/C16H8N4/c17-9-11-5-7-12(8-6-11)16-19-14-4-2-1-3-13(14)15(10-18)20-16/h1-8H. The molecule has 3 aromatic rings. The molecular weight excluding hydrogens is 248 g/mol. The Morgan fingerprint density at radius 2 is 1.55 bits per heavy atom. The maximum Gasteiger partial charge on any atom is 0.161 e. The van der Waals surface area contributed by atoms with Gasteiger partial charge in [0.2, 0.25) is 0 Å². The molecule has 0 aliphatic heterocycles. The molecule has 0 N–H and O–H groups in total. The van der Waals surface area contributed by atoms with Gasteiger partial charge in [-0.25, -0.2) is 9.97 Å². The number of hydrogen-bond donors (Lipinski definition) is 0. The first-order chi connectivity index (χ1) is 9.81. The van der Waals surface area contributed by atoms with E-state index in [1.807, 2.05) is 24.3 Å². The summed E-state index contributed by atoms with van der Waals surface area (Å²) < 4.78 is 0. The molecule has 3 rings (SSSR count). The highest BCUT2D eigenvalue weighted by atomic mass is 14.9. The van der Waals surface area contributed by atoms with Crippen molar-refractivity contribution in [2.75, 3.05) is 0 Å². The monoisotopic (exact) mass is 256 g/mol. The van der Waals surface area contributed by atoms with Crippen LogP contribution >= 0.6 is 0 Å². The molecule has 0 radical (unpaired) electrons. The number of rotatable bonds is 1. The largest absolute Gasteiger partial charge is 0.228 e. The van der Waals surface area contributed by atoms with Crippen LogP contribution in [0.3, 0.4) is 0 Å². The summed E-state index contributed by atoms with van der Waals surface area (Å²) in [6.45, 7) is 0. The Morgan fingerprint density at radius 1 is 0.800 bits per heavy atom. The molecule has 0 unspecified atom stereocenters. The summed E-state index contributed by atoms with van der Waals surface area (Å²) in [6, 6.07) is 18.6. The highest BCUT2D eigenvalue weighted by molar-refractivity contribution is 5.84. The Hall–Kier alpha value is -3.24. The van der Waals surface area contributed by atoms with Crippen LogP contribution in [-0.4, -0.2) is 9.97 Å². The van der Waals surface area contributed by atoms with Crippen molar-refractivity contribution in [2.45, 2.75) is 0 Å². The van der Waals surface area contributed by atoms with Gasteiger partial charge in [0.05, 0.1) is 17.1 Å². The molecule has 4 heteroatoms. The van der Waals surface area contributed by atoms with Gasteiger partial charge in [-0.1, -0.05) is 12.1 Å². The SMILES string of the molecule is N#Cc1ccc(-c2nc(C#N)c3ccccc3n2)cc1. The fourth-order valence-corrected chi connectivity index (χ4v) is 1.98. The van der Waals surface area contributed by atoms with Crippen LogP contribution in [0, 0.1) is 22.7 Å². The topological polar surface area (TPSA) is 73.4 Å². The van der Waals surface area contributed by atoms with Gasteiger partial charge < -0.3 is 0 Å². The van der Waals surface area contributed by atoms with E-state index in [-0.39, 0.29) is 0 Å². The first-order valence-corrected chi connectivity index (χ1v) is 5.99. The molecule has 0 fully saturated rings. The van der Waals surface area contributed by atoms with Crippen LogP contribution < -0.4 is 0 Å². The average Bonchev–Trinajstić information content (AvgIpc) is 2.54. The molecule has 0 atom stereocenters. The number of fused-ring (bicyclic) bond motifs is 1. The van der Waals surface area contributed by atoms with Gasteiger partial charge in [-0.05, 0) is 36.4 Å². The summed E-state index contributed by atoms with van der Waals surface area (Å²) in [5.41, 5.74) is 2.45. The lowest BCUT2D eigenvalue weighted by molar-refractivity contribution is 1.20. The van der Waals surface area contributed by atoms with E-state index in [1.54, 1.807) is 24.3 Å². The third kappa shape index (κ3) is 1.96. The second-order valence-electron chi connectivity index (χ2n) is 4.21. The molecule has 0 spiro atoms. The first kappa shape index (κ1) is 11.8. The fraction of sp³-hybridized carbons (Fsp3) is 0. The van der Waals surface area contributed by atoms with Gasteiger partial charge in [-0.2, -0.15) is 10.5 Å². The molecule has 20 heavy (non-hydrogen) atoms. The third-order valence-electron chi connectivity index (χ3n) is 2.98. The zero-order valence-electron chi connectivity index (χ0n) is 10.4. The van der Waals surface area contributed by atoms with Gasteiger partial charge in [-0.3, -0.25) is 0 Å². The van der Waals surface area contributed by atoms with Crippen molar-refractivity contribution in [3.8, 4) is 23.5 Å². The second kappa shape index (κ2) is 4.79. The summed E-state index contributed by atoms with van der Waals surface area (Å²) in [5, 5.41) is 18.7. The smallest absolute Gasteiger partial charge is 0.161 e. The molecule has 92 valence electrons. The number of hydrogen-bond acceptors (Lipinski definition) is 4. The number of benzene rings is 2. The summed E-state index contributed by atoms with van der Waals surface area (Å²) in [5.74, 6) is 0.490. The highest BCUT2D eigenvalue weighted by Gasteiger charge is 2.08. The van der Waals surface area contributed by atoms with Crippen molar-refractivity contribution in [3.63, 3.8) is 0 Å². The lowest BCUT2D eigenvalue weighted by Crippen LogP contribution is -1.94. The van der Waals surface area contributed by atoms with Crippen molar-refractivity contribution < 1.29 is 0 Å². The van der Waals surface area contributed by atoms with Crippen LogP contribution in [0.5, 0.6) is 0 Å². The van der Waals surface area contributed by atoms with Crippen LogP contribution in [0.1, 0.15) is 11.3 Å². The minimum atomic E-state index is 0.356. The lowest BCUT2D eigenvalue weighted by atomic mass is 10.1. The predicted molar refractivity (Wildman–Crippen MR) is 74.4 cm³/mol. The van der Waals surface area contributed by atoms with Crippen molar-refractivity contribution in [2.24, 2.45) is 0 Å². The van der Waals surface area contributed by atoms with E-state index in [0.29, 0.717) is 17.1 Å². The van der Waals surface area contributed by atoms with Crippen LogP contribution in [0.15, 0.2) is 48.5 Å². The van der Waals surface area contributed by atoms with Crippen molar-refractivity contribution in [3.05, 3.63) is 59.8 Å². The number of para-hydroxylation sites is 1. The van der Waals surface area contributed by atoms with Crippen LogP contribution in [0.25, 0.3) is 22.3 Å². The molecule has 0 bridgehead atoms. The van der Waals surface area contributed by atoms with Gasteiger partial charge in [-0.15, -0.1) is 0 Å². The average molecular weight is 256 g/mol. The van der Waals surface area contributed by atoms with Gasteiger partial charge in [0.25, 0.3) is 0 Å². The third-order valence-corrected chi connectivity index (χ3v) is 2.98. The number of aromatic nitrogens is 2. The normalized spacial score (nSPS) is 9.90. The first-order valence-electron chi connectivity index (χ1n) is 5.99. The van der Waals surface area contributed by atoms with Crippen LogP contribution in [-0.2, 0) is 0 Å². The summed E-state index contributed by atoms with van der Waals surface area (Å²) >= 11 is 0. The van der Waals surface area contributed by atoms with Gasteiger partial charge in [0.1, 0.15) is 6.07 Å². The minimum Gasteiger partial charge on any atom is -0.228 e. The second-order valence-corrected chi connectivity index (χ2v) is 4.21. The molecule has 0 aliphatic carbocycles. The van der Waals surface area contributed by atoms with Crippen molar-refractivity contribution >= 4 is 10.9 Å². The van der Waals surface area contributed by atoms with E-state index < -0.39 is 0 Å². The highest BCUT2D eigenvalue weighted by Crippen LogP contribution is 2.21. The quantitative estimate of drug-likeness (QED) is 0.670. The summed E-state index contributed by atoms with van der Waals surface area (Å²) in [6.07, 6.45) is 0. The zero-order chi connectivity index (χ0) is 13.9. The Labute approximate surface area is 115 Å². The summed E-state index contributed by atoms with van der Waals surface area (Å²) in [7, 11) is 0. The van der Waals surface area contributed by atoms with E-state index in [9.17, 15) is 5.26 Å². The number of nitrogens with zero attached hydrogens (tertiary/aromatic N) is 4. The molecule has 2 aromatic carbocycles. The summed E-state index contributed by atoms with van der Waals surface area (Å²) in [4.78, 5) is 8.75. The van der Waals surface area contributed by atoms with Gasteiger partial charge >= 0.3 is 0 Å². The molecule has 0 saturated carbocycles. The molecule has 1 heterocycles. The van der Waals surface area contributed by atoms with Gasteiger partial charge in [0, 0.05) is 10.9 Å². The van der Waals surface area contributed by atoms with E-state index in [1.165, 1.54) is 0 Å². The predicted octanol–water partition coefficient (Wildman–Crippen LogP) is 3.04. The molecule has 4 nitrogen and oxygen atoms in total. The maximum absolute atomic E-state index is 9.21. The van der Waals surface area contributed by atoms with E-state index in [0.717, 1.165) is 16.5 Å². The van der Waals surface area contributed by atoms with E-state index in [2.05, 4.69) is 22.1 Å². The number of nitriles is 2. The Kier molecular flexibility index (Phi) is 2.84. The minimum absolute atomic E-state index is 0.356. The maximum atomic E-state index is 9.21. The fourth-order valence-electron chi connectivity index (χ4n) is 1.98. The Balaban J connectivity index is 2.21. The molecule has 0 aliphatic rings. The van der Waals surface area contributed by atoms with Gasteiger partial charge in [0.15, 0.2) is 11.5 Å². The van der Waals surface area contributed by atoms with E-state index in [4.69, 9.17) is 5.26 Å². The van der Waals surface area contributed by atoms with Crippen molar-refractivity contribution in [1.82, 2.24) is 9.97 Å². The Morgan fingerprint density at radius 3 is 2.25 bits per heavy atom. The van der Waals surface area contributed by atoms with Crippen LogP contribution in [0.2, 0.25) is 0 Å². The molecule has 0 amide bonds. The Bertz CT molecular complexity index is 868. The lowest BCUT2D eigenvalue weighted by Gasteiger charge is -2.04. The zero-order valence-corrected chi connectivity index (χ0v) is 10.4.